The summed E-state index contributed by atoms with van der Waals surface area (Å²) in [4.78, 5) is 9.43. The number of aryl methyl sites for hydroxylation is 1. The zero-order valence-corrected chi connectivity index (χ0v) is 13.1. The number of hydrogen-bond acceptors (Lipinski definition) is 2. The van der Waals surface area contributed by atoms with E-state index in [1.54, 1.807) is 0 Å². The van der Waals surface area contributed by atoms with Crippen molar-refractivity contribution < 1.29 is 0 Å². The Morgan fingerprint density at radius 1 is 0.895 bits per heavy atom. The molecule has 0 saturated carbocycles. The van der Waals surface area contributed by atoms with Gasteiger partial charge in [-0.1, -0.05) is 47.6 Å². The summed E-state index contributed by atoms with van der Waals surface area (Å²) >= 11 is 0. The van der Waals surface area contributed by atoms with Crippen LogP contribution in [0.15, 0.2) is 18.3 Å². The van der Waals surface area contributed by atoms with Gasteiger partial charge in [0.25, 0.3) is 0 Å². The van der Waals surface area contributed by atoms with Gasteiger partial charge in [0.15, 0.2) is 0 Å². The van der Waals surface area contributed by atoms with Gasteiger partial charge in [-0.05, 0) is 29.5 Å². The van der Waals surface area contributed by atoms with Gasteiger partial charge in [0.05, 0.1) is 16.7 Å². The molecule has 2 heteroatoms. The number of rotatable bonds is 0. The fraction of sp³-hybridized carbons (Fsp3) is 0.529. The minimum atomic E-state index is 0.0380. The van der Waals surface area contributed by atoms with Crippen molar-refractivity contribution >= 4 is 11.0 Å². The molecule has 0 saturated heterocycles. The summed E-state index contributed by atoms with van der Waals surface area (Å²) in [6.45, 7) is 15.3. The number of hydrogen-bond donors (Lipinski definition) is 0. The first kappa shape index (κ1) is 14.0. The van der Waals surface area contributed by atoms with Crippen molar-refractivity contribution in [1.82, 2.24) is 9.97 Å². The molecule has 1 heterocycles. The average molecular weight is 256 g/mol. The largest absolute Gasteiger partial charge is 0.253 e. The van der Waals surface area contributed by atoms with Gasteiger partial charge in [-0.15, -0.1) is 0 Å². The van der Waals surface area contributed by atoms with Crippen LogP contribution in [0.3, 0.4) is 0 Å². The molecule has 0 spiro atoms. The lowest BCUT2D eigenvalue weighted by atomic mass is 9.85. The zero-order chi connectivity index (χ0) is 14.4. The highest BCUT2D eigenvalue weighted by molar-refractivity contribution is 5.79. The molecule has 2 nitrogen and oxygen atoms in total. The van der Waals surface area contributed by atoms with E-state index in [2.05, 4.69) is 65.6 Å². The van der Waals surface area contributed by atoms with Crippen molar-refractivity contribution in [2.75, 3.05) is 0 Å². The second-order valence-electron chi connectivity index (χ2n) is 7.42. The molecule has 19 heavy (non-hydrogen) atoms. The van der Waals surface area contributed by atoms with Crippen LogP contribution < -0.4 is 0 Å². The van der Waals surface area contributed by atoms with Crippen LogP contribution in [-0.2, 0) is 10.8 Å². The minimum absolute atomic E-state index is 0.0380. The number of aromatic nitrogens is 2. The van der Waals surface area contributed by atoms with Crippen molar-refractivity contribution in [3.05, 3.63) is 35.2 Å². The molecular weight excluding hydrogens is 232 g/mol. The molecule has 102 valence electrons. The first-order valence-electron chi connectivity index (χ1n) is 6.87. The summed E-state index contributed by atoms with van der Waals surface area (Å²) in [5.41, 5.74) is 5.78. The number of benzene rings is 1. The Hall–Kier alpha value is -1.44. The molecule has 0 fully saturated rings. The fourth-order valence-corrected chi connectivity index (χ4v) is 2.08. The highest BCUT2D eigenvalue weighted by Crippen LogP contribution is 2.28. The Kier molecular flexibility index (Phi) is 3.16. The molecule has 2 aromatic rings. The molecule has 1 aromatic heterocycles. The van der Waals surface area contributed by atoms with Gasteiger partial charge >= 0.3 is 0 Å². The number of nitrogens with zero attached hydrogens (tertiary/aromatic N) is 2. The third-order valence-corrected chi connectivity index (χ3v) is 3.47. The Labute approximate surface area is 116 Å². The van der Waals surface area contributed by atoms with Crippen LogP contribution >= 0.6 is 0 Å². The van der Waals surface area contributed by atoms with E-state index in [1.807, 2.05) is 6.20 Å². The molecule has 0 radical (unpaired) electrons. The van der Waals surface area contributed by atoms with E-state index in [0.717, 1.165) is 16.7 Å². The van der Waals surface area contributed by atoms with Gasteiger partial charge in [0.2, 0.25) is 0 Å². The molecule has 0 aliphatic carbocycles. The zero-order valence-electron chi connectivity index (χ0n) is 13.1. The normalized spacial score (nSPS) is 13.0. The predicted octanol–water partition coefficient (Wildman–Crippen LogP) is 4.53. The van der Waals surface area contributed by atoms with Crippen molar-refractivity contribution in [2.24, 2.45) is 0 Å². The van der Waals surface area contributed by atoms with Gasteiger partial charge in [-0.25, -0.2) is 4.98 Å². The predicted molar refractivity (Wildman–Crippen MR) is 81.7 cm³/mol. The topological polar surface area (TPSA) is 25.8 Å². The lowest BCUT2D eigenvalue weighted by molar-refractivity contribution is 0.568. The summed E-state index contributed by atoms with van der Waals surface area (Å²) in [7, 11) is 0. The maximum Gasteiger partial charge on any atom is 0.0919 e. The van der Waals surface area contributed by atoms with Crippen molar-refractivity contribution in [1.29, 1.82) is 0 Å². The monoisotopic (exact) mass is 256 g/mol. The highest BCUT2D eigenvalue weighted by atomic mass is 14.8. The van der Waals surface area contributed by atoms with E-state index >= 15 is 0 Å². The van der Waals surface area contributed by atoms with Crippen molar-refractivity contribution in [3.8, 4) is 0 Å². The first-order valence-corrected chi connectivity index (χ1v) is 6.87. The van der Waals surface area contributed by atoms with Crippen molar-refractivity contribution in [2.45, 2.75) is 59.3 Å². The summed E-state index contributed by atoms with van der Waals surface area (Å²) in [5, 5.41) is 0. The minimum Gasteiger partial charge on any atom is -0.253 e. The molecule has 0 aliphatic heterocycles. The lowest BCUT2D eigenvalue weighted by Gasteiger charge is -2.21. The van der Waals surface area contributed by atoms with Crippen LogP contribution in [0.4, 0.5) is 0 Å². The van der Waals surface area contributed by atoms with Crippen LogP contribution in [0.25, 0.3) is 11.0 Å². The van der Waals surface area contributed by atoms with Crippen LogP contribution in [0.2, 0.25) is 0 Å². The lowest BCUT2D eigenvalue weighted by Crippen LogP contribution is -2.15. The Morgan fingerprint density at radius 2 is 1.53 bits per heavy atom. The van der Waals surface area contributed by atoms with E-state index < -0.39 is 0 Å². The molecule has 0 aliphatic rings. The highest BCUT2D eigenvalue weighted by Gasteiger charge is 2.19. The molecule has 0 bridgehead atoms. The van der Waals surface area contributed by atoms with E-state index in [-0.39, 0.29) is 10.8 Å². The SMILES string of the molecule is Cc1cc(C(C)(C)C)cc2ncc(C(C)(C)C)nc12. The standard InChI is InChI=1S/C17H24N2/c1-11-8-12(16(2,3)4)9-13-15(11)19-14(10-18-13)17(5,6)7/h8-10H,1-7H3. The molecule has 0 N–H and O–H groups in total. The molecule has 0 atom stereocenters. The van der Waals surface area contributed by atoms with Crippen LogP contribution in [0, 0.1) is 6.92 Å². The Morgan fingerprint density at radius 3 is 2.05 bits per heavy atom. The Balaban J connectivity index is 2.67. The summed E-state index contributed by atoms with van der Waals surface area (Å²) in [6, 6.07) is 4.41. The van der Waals surface area contributed by atoms with Crippen LogP contribution in [0.1, 0.15) is 58.4 Å². The average Bonchev–Trinajstić information content (AvgIpc) is 2.26. The second kappa shape index (κ2) is 4.29. The van der Waals surface area contributed by atoms with Gasteiger partial charge in [0, 0.05) is 11.6 Å². The van der Waals surface area contributed by atoms with Crippen LogP contribution in [0.5, 0.6) is 0 Å². The van der Waals surface area contributed by atoms with Gasteiger partial charge in [-0.2, -0.15) is 0 Å². The Bertz CT molecular complexity index is 613. The summed E-state index contributed by atoms with van der Waals surface area (Å²) in [6.07, 6.45) is 1.91. The number of fused-ring (bicyclic) bond motifs is 1. The molecular formula is C17H24N2. The van der Waals surface area contributed by atoms with Crippen molar-refractivity contribution in [3.63, 3.8) is 0 Å². The molecule has 0 unspecified atom stereocenters. The van der Waals surface area contributed by atoms with Gasteiger partial charge in [0.1, 0.15) is 0 Å². The summed E-state index contributed by atoms with van der Waals surface area (Å²) < 4.78 is 0. The molecule has 0 amide bonds. The maximum atomic E-state index is 4.81. The maximum absolute atomic E-state index is 4.81. The van der Waals surface area contributed by atoms with E-state index in [9.17, 15) is 0 Å². The fourth-order valence-electron chi connectivity index (χ4n) is 2.08. The second-order valence-corrected chi connectivity index (χ2v) is 7.42. The van der Waals surface area contributed by atoms with Gasteiger partial charge in [-0.3, -0.25) is 4.98 Å². The first-order chi connectivity index (χ1) is 8.59. The van der Waals surface area contributed by atoms with Crippen LogP contribution in [-0.4, -0.2) is 9.97 Å². The third kappa shape index (κ3) is 2.78. The van der Waals surface area contributed by atoms with Gasteiger partial charge < -0.3 is 0 Å². The molecule has 2 rings (SSSR count). The van der Waals surface area contributed by atoms with E-state index in [4.69, 9.17) is 4.98 Å². The third-order valence-electron chi connectivity index (χ3n) is 3.47. The van der Waals surface area contributed by atoms with E-state index in [0.29, 0.717) is 0 Å². The quantitative estimate of drug-likeness (QED) is 0.692. The smallest absolute Gasteiger partial charge is 0.0919 e. The van der Waals surface area contributed by atoms with E-state index in [1.165, 1.54) is 11.1 Å². The summed E-state index contributed by atoms with van der Waals surface area (Å²) in [5.74, 6) is 0. The molecule has 1 aromatic carbocycles.